The molecule has 0 saturated carbocycles. The average Bonchev–Trinajstić information content (AvgIpc) is 2.98. The van der Waals surface area contributed by atoms with Crippen molar-refractivity contribution < 1.29 is 19.4 Å². The summed E-state index contributed by atoms with van der Waals surface area (Å²) in [5.41, 5.74) is 3.02. The number of aromatic carboxylic acids is 1. The van der Waals surface area contributed by atoms with E-state index in [0.29, 0.717) is 24.0 Å². The maximum absolute atomic E-state index is 13.4. The van der Waals surface area contributed by atoms with Crippen LogP contribution in [0.4, 0.5) is 11.5 Å². The number of carbonyl (C=O) groups excluding carboxylic acids is 1. The van der Waals surface area contributed by atoms with Gasteiger partial charge in [-0.3, -0.25) is 4.79 Å². The molecule has 1 aromatic heterocycles. The number of benzene rings is 2. The van der Waals surface area contributed by atoms with Gasteiger partial charge in [0.05, 0.1) is 30.0 Å². The first-order valence-electron chi connectivity index (χ1n) is 13.5. The highest BCUT2D eigenvalue weighted by Gasteiger charge is 2.25. The molecule has 0 bridgehead atoms. The molecular formula is C32H33N3O4. The van der Waals surface area contributed by atoms with E-state index in [-0.39, 0.29) is 17.4 Å². The largest absolute Gasteiger partial charge is 0.493 e. The predicted molar refractivity (Wildman–Crippen MR) is 152 cm³/mol. The van der Waals surface area contributed by atoms with Crippen molar-refractivity contribution in [2.45, 2.75) is 31.6 Å². The van der Waals surface area contributed by atoms with E-state index in [0.717, 1.165) is 55.7 Å². The van der Waals surface area contributed by atoms with Crippen LogP contribution in [0, 0.1) is 5.92 Å². The number of anilines is 2. The Balaban J connectivity index is 1.15. The SMILES string of the molecule is O=C(O)c1cccc(OCC2CCN(c3ccc(NC(=O)C(C4=CC=CCC4)c4ccccc4)cn3)CC2)c1. The van der Waals surface area contributed by atoms with Gasteiger partial charge in [0, 0.05) is 13.1 Å². The molecule has 200 valence electrons. The number of carboxylic acids is 1. The van der Waals surface area contributed by atoms with Gasteiger partial charge >= 0.3 is 5.97 Å². The van der Waals surface area contributed by atoms with Crippen LogP contribution in [0.15, 0.2) is 96.7 Å². The van der Waals surface area contributed by atoms with Gasteiger partial charge in [-0.15, -0.1) is 0 Å². The highest BCUT2D eigenvalue weighted by molar-refractivity contribution is 5.98. The molecule has 1 atom stereocenters. The second-order valence-corrected chi connectivity index (χ2v) is 10.0. The molecule has 7 nitrogen and oxygen atoms in total. The molecule has 2 N–H and O–H groups in total. The van der Waals surface area contributed by atoms with E-state index in [1.165, 1.54) is 0 Å². The van der Waals surface area contributed by atoms with Gasteiger partial charge in [0.1, 0.15) is 11.6 Å². The number of carbonyl (C=O) groups is 2. The van der Waals surface area contributed by atoms with Crippen LogP contribution in [-0.2, 0) is 4.79 Å². The van der Waals surface area contributed by atoms with Gasteiger partial charge in [-0.25, -0.2) is 9.78 Å². The molecule has 1 unspecified atom stereocenters. The summed E-state index contributed by atoms with van der Waals surface area (Å²) in [6.45, 7) is 2.28. The third-order valence-corrected chi connectivity index (χ3v) is 7.33. The fourth-order valence-corrected chi connectivity index (χ4v) is 5.16. The molecule has 7 heteroatoms. The number of aromatic nitrogens is 1. The number of ether oxygens (including phenoxy) is 1. The van der Waals surface area contributed by atoms with E-state index in [1.54, 1.807) is 30.5 Å². The molecule has 2 heterocycles. The summed E-state index contributed by atoms with van der Waals surface area (Å²) in [6, 6.07) is 20.4. The van der Waals surface area contributed by atoms with Crippen molar-refractivity contribution in [1.82, 2.24) is 4.98 Å². The lowest BCUT2D eigenvalue weighted by atomic mass is 9.85. The number of pyridine rings is 1. The fourth-order valence-electron chi connectivity index (χ4n) is 5.16. The minimum absolute atomic E-state index is 0.0491. The van der Waals surface area contributed by atoms with Crippen LogP contribution in [0.1, 0.15) is 47.5 Å². The first-order chi connectivity index (χ1) is 19.1. The van der Waals surface area contributed by atoms with Gasteiger partial charge < -0.3 is 20.1 Å². The minimum atomic E-state index is -0.957. The van der Waals surface area contributed by atoms with E-state index < -0.39 is 5.97 Å². The third kappa shape index (κ3) is 6.74. The number of amides is 1. The lowest BCUT2D eigenvalue weighted by Crippen LogP contribution is -2.36. The molecule has 5 rings (SSSR count). The Morgan fingerprint density at radius 1 is 1.05 bits per heavy atom. The van der Waals surface area contributed by atoms with E-state index in [1.807, 2.05) is 48.5 Å². The minimum Gasteiger partial charge on any atom is -0.493 e. The summed E-state index contributed by atoms with van der Waals surface area (Å²) in [7, 11) is 0. The fraction of sp³-hybridized carbons (Fsp3) is 0.281. The first kappa shape index (κ1) is 26.2. The van der Waals surface area contributed by atoms with Crippen molar-refractivity contribution in [1.29, 1.82) is 0 Å². The van der Waals surface area contributed by atoms with Gasteiger partial charge in [0.25, 0.3) is 0 Å². The highest BCUT2D eigenvalue weighted by Crippen LogP contribution is 2.31. The van der Waals surface area contributed by atoms with Crippen LogP contribution in [0.5, 0.6) is 5.75 Å². The van der Waals surface area contributed by atoms with Gasteiger partial charge in [0.15, 0.2) is 0 Å². The van der Waals surface area contributed by atoms with Crippen molar-refractivity contribution in [3.05, 3.63) is 108 Å². The number of hydrogen-bond donors (Lipinski definition) is 2. The summed E-state index contributed by atoms with van der Waals surface area (Å²) in [5, 5.41) is 12.2. The Kier molecular flexibility index (Phi) is 8.36. The topological polar surface area (TPSA) is 91.8 Å². The third-order valence-electron chi connectivity index (χ3n) is 7.33. The monoisotopic (exact) mass is 523 g/mol. The van der Waals surface area contributed by atoms with Crippen LogP contribution in [0.25, 0.3) is 0 Å². The Hall–Kier alpha value is -4.39. The molecule has 3 aromatic rings. The normalized spacial score (nSPS) is 16.3. The lowest BCUT2D eigenvalue weighted by molar-refractivity contribution is -0.116. The lowest BCUT2D eigenvalue weighted by Gasteiger charge is -2.32. The molecule has 0 spiro atoms. The summed E-state index contributed by atoms with van der Waals surface area (Å²) < 4.78 is 5.88. The van der Waals surface area contributed by atoms with Gasteiger partial charge in [-0.2, -0.15) is 0 Å². The maximum Gasteiger partial charge on any atom is 0.335 e. The molecule has 1 aliphatic heterocycles. The quantitative estimate of drug-likeness (QED) is 0.354. The number of rotatable bonds is 9. The summed E-state index contributed by atoms with van der Waals surface area (Å²) in [4.78, 5) is 31.5. The van der Waals surface area contributed by atoms with Crippen molar-refractivity contribution in [3.63, 3.8) is 0 Å². The van der Waals surface area contributed by atoms with Crippen molar-refractivity contribution in [2.24, 2.45) is 5.92 Å². The van der Waals surface area contributed by atoms with Crippen LogP contribution in [0.2, 0.25) is 0 Å². The molecule has 2 aromatic carbocycles. The summed E-state index contributed by atoms with van der Waals surface area (Å²) in [5.74, 6) is 0.536. The second-order valence-electron chi connectivity index (χ2n) is 10.0. The second kappa shape index (κ2) is 12.4. The smallest absolute Gasteiger partial charge is 0.335 e. The predicted octanol–water partition coefficient (Wildman–Crippen LogP) is 6.07. The summed E-state index contributed by atoms with van der Waals surface area (Å²) >= 11 is 0. The van der Waals surface area contributed by atoms with Crippen LogP contribution in [-0.4, -0.2) is 41.7 Å². The number of nitrogens with one attached hydrogen (secondary N) is 1. The Morgan fingerprint density at radius 2 is 1.87 bits per heavy atom. The summed E-state index contributed by atoms with van der Waals surface area (Å²) in [6.07, 6.45) is 11.7. The van der Waals surface area contributed by atoms with Gasteiger partial charge in [-0.05, 0) is 67.5 Å². The molecule has 1 amide bonds. The Morgan fingerprint density at radius 3 is 2.56 bits per heavy atom. The van der Waals surface area contributed by atoms with Crippen LogP contribution < -0.4 is 15.0 Å². The van der Waals surface area contributed by atoms with Crippen molar-refractivity contribution in [3.8, 4) is 5.75 Å². The Bertz CT molecular complexity index is 1340. The van der Waals surface area contributed by atoms with E-state index in [2.05, 4.69) is 27.4 Å². The molecule has 39 heavy (non-hydrogen) atoms. The zero-order valence-corrected chi connectivity index (χ0v) is 21.8. The number of allylic oxidation sites excluding steroid dienone is 3. The van der Waals surface area contributed by atoms with Crippen LogP contribution >= 0.6 is 0 Å². The van der Waals surface area contributed by atoms with E-state index >= 15 is 0 Å². The molecule has 1 aliphatic carbocycles. The number of carboxylic acid groups (broad SMARTS) is 1. The standard InChI is InChI=1S/C32H33N3O4/c36-31(30(24-8-3-1-4-9-24)25-10-5-2-6-11-25)34-27-14-15-29(33-21-27)35-18-16-23(17-19-35)22-39-28-13-7-12-26(20-28)32(37)38/h1-5,7-10,12-15,20-21,23,30H,6,11,16-19,22H2,(H,34,36)(H,37,38). The number of piperidine rings is 1. The number of hydrogen-bond acceptors (Lipinski definition) is 5. The maximum atomic E-state index is 13.4. The van der Waals surface area contributed by atoms with Gasteiger partial charge in [-0.1, -0.05) is 60.2 Å². The molecule has 2 aliphatic rings. The molecular weight excluding hydrogens is 490 g/mol. The molecule has 1 fully saturated rings. The molecule has 1 saturated heterocycles. The van der Waals surface area contributed by atoms with Crippen molar-refractivity contribution >= 4 is 23.4 Å². The van der Waals surface area contributed by atoms with E-state index in [9.17, 15) is 9.59 Å². The zero-order valence-electron chi connectivity index (χ0n) is 21.8. The average molecular weight is 524 g/mol. The number of nitrogens with zero attached hydrogens (tertiary/aromatic N) is 2. The highest BCUT2D eigenvalue weighted by atomic mass is 16.5. The molecule has 0 radical (unpaired) electrons. The van der Waals surface area contributed by atoms with Gasteiger partial charge in [0.2, 0.25) is 5.91 Å². The Labute approximate surface area is 228 Å². The van der Waals surface area contributed by atoms with Crippen molar-refractivity contribution in [2.75, 3.05) is 29.9 Å². The van der Waals surface area contributed by atoms with E-state index in [4.69, 9.17) is 9.84 Å². The van der Waals surface area contributed by atoms with Crippen LogP contribution in [0.3, 0.4) is 0 Å². The first-order valence-corrected chi connectivity index (χ1v) is 13.5. The zero-order chi connectivity index (χ0) is 27.0.